The molecule has 1 N–H and O–H groups in total. The van der Waals surface area contributed by atoms with E-state index in [0.717, 1.165) is 0 Å². The molecule has 0 spiro atoms. The van der Waals surface area contributed by atoms with Gasteiger partial charge in [0.05, 0.1) is 22.2 Å². The Morgan fingerprint density at radius 2 is 2.17 bits per heavy atom. The van der Waals surface area contributed by atoms with E-state index in [1.165, 1.54) is 30.3 Å². The Hall–Kier alpha value is -2.33. The molecule has 0 saturated carbocycles. The Kier molecular flexibility index (Phi) is 3.04. The molecular weight excluding hydrogens is 254 g/mol. The fourth-order valence-corrected chi connectivity index (χ4v) is 2.35. The van der Waals surface area contributed by atoms with E-state index in [4.69, 9.17) is 9.78 Å². The van der Waals surface area contributed by atoms with Crippen LogP contribution in [0.1, 0.15) is 11.3 Å². The highest BCUT2D eigenvalue weighted by atomic mass is 32.2. The quantitative estimate of drug-likeness (QED) is 0.908. The summed E-state index contributed by atoms with van der Waals surface area (Å²) < 4.78 is 31.0. The molecule has 0 aliphatic heterocycles. The van der Waals surface area contributed by atoms with Crippen LogP contribution in [0.15, 0.2) is 39.8 Å². The highest BCUT2D eigenvalue weighted by Gasteiger charge is 2.16. The third-order valence-electron chi connectivity index (χ3n) is 2.14. The van der Waals surface area contributed by atoms with Crippen LogP contribution in [0.5, 0.6) is 0 Å². The van der Waals surface area contributed by atoms with E-state index in [1.54, 1.807) is 6.92 Å². The number of sulfonamides is 1. The Balaban J connectivity index is 2.34. The second-order valence-electron chi connectivity index (χ2n) is 3.58. The van der Waals surface area contributed by atoms with Gasteiger partial charge in [0, 0.05) is 6.07 Å². The highest BCUT2D eigenvalue weighted by molar-refractivity contribution is 7.92. The van der Waals surface area contributed by atoms with Crippen molar-refractivity contribution >= 4 is 15.9 Å². The number of aryl methyl sites for hydroxylation is 1. The summed E-state index contributed by atoms with van der Waals surface area (Å²) in [5, 5.41) is 12.3. The molecule has 0 amide bonds. The molecule has 7 heteroatoms. The molecule has 2 aromatic rings. The zero-order chi connectivity index (χ0) is 13.2. The number of rotatable bonds is 3. The van der Waals surface area contributed by atoms with Gasteiger partial charge >= 0.3 is 0 Å². The molecule has 0 atom stereocenters. The summed E-state index contributed by atoms with van der Waals surface area (Å²) in [5.41, 5.74) is 0.838. The fraction of sp³-hybridized carbons (Fsp3) is 0.0909. The van der Waals surface area contributed by atoms with Crippen LogP contribution in [0.25, 0.3) is 0 Å². The molecule has 0 fully saturated rings. The monoisotopic (exact) mass is 263 g/mol. The highest BCUT2D eigenvalue weighted by Crippen LogP contribution is 2.17. The minimum absolute atomic E-state index is 0.00407. The minimum atomic E-state index is -3.77. The lowest BCUT2D eigenvalue weighted by Gasteiger charge is -2.04. The Morgan fingerprint density at radius 3 is 2.78 bits per heavy atom. The van der Waals surface area contributed by atoms with Crippen molar-refractivity contribution in [2.24, 2.45) is 0 Å². The number of nitriles is 1. The summed E-state index contributed by atoms with van der Waals surface area (Å²) in [6.07, 6.45) is 0. The van der Waals surface area contributed by atoms with Crippen LogP contribution in [-0.2, 0) is 10.0 Å². The van der Waals surface area contributed by atoms with E-state index in [0.29, 0.717) is 5.69 Å². The zero-order valence-corrected chi connectivity index (χ0v) is 10.2. The third-order valence-corrected chi connectivity index (χ3v) is 3.48. The van der Waals surface area contributed by atoms with Gasteiger partial charge in [-0.15, -0.1) is 0 Å². The van der Waals surface area contributed by atoms with Crippen molar-refractivity contribution in [1.82, 2.24) is 5.16 Å². The number of nitrogens with one attached hydrogen (secondary N) is 1. The van der Waals surface area contributed by atoms with Gasteiger partial charge in [-0.3, -0.25) is 0 Å². The molecule has 6 nitrogen and oxygen atoms in total. The van der Waals surface area contributed by atoms with Crippen LogP contribution < -0.4 is 4.72 Å². The first-order chi connectivity index (χ1) is 8.51. The van der Waals surface area contributed by atoms with E-state index in [1.807, 2.05) is 6.07 Å². The van der Waals surface area contributed by atoms with Gasteiger partial charge in [-0.05, 0) is 25.1 Å². The molecule has 1 heterocycles. The van der Waals surface area contributed by atoms with Gasteiger partial charge in [0.2, 0.25) is 5.88 Å². The van der Waals surface area contributed by atoms with Crippen LogP contribution in [0, 0.1) is 18.3 Å². The van der Waals surface area contributed by atoms with Gasteiger partial charge in [0.15, 0.2) is 0 Å². The minimum Gasteiger partial charge on any atom is -0.338 e. The molecule has 0 bridgehead atoms. The Labute approximate surface area is 104 Å². The maximum Gasteiger partial charge on any atom is 0.264 e. The SMILES string of the molecule is Cc1cc(NS(=O)(=O)c2cccc(C#N)c2)on1. The number of aromatic nitrogens is 1. The van der Waals surface area contributed by atoms with Crippen LogP contribution >= 0.6 is 0 Å². The average Bonchev–Trinajstić information content (AvgIpc) is 2.74. The van der Waals surface area contributed by atoms with Crippen molar-refractivity contribution in [1.29, 1.82) is 5.26 Å². The first kappa shape index (κ1) is 12.1. The molecule has 0 unspecified atom stereocenters. The smallest absolute Gasteiger partial charge is 0.264 e. The molecule has 0 saturated heterocycles. The van der Waals surface area contributed by atoms with E-state index < -0.39 is 10.0 Å². The van der Waals surface area contributed by atoms with Crippen LogP contribution in [-0.4, -0.2) is 13.6 Å². The van der Waals surface area contributed by atoms with Crippen molar-refractivity contribution in [2.45, 2.75) is 11.8 Å². The lowest BCUT2D eigenvalue weighted by Crippen LogP contribution is -2.12. The Bertz CT molecular complexity index is 713. The molecule has 1 aromatic carbocycles. The molecule has 0 aliphatic carbocycles. The largest absolute Gasteiger partial charge is 0.338 e. The van der Waals surface area contributed by atoms with Crippen molar-refractivity contribution in [3.8, 4) is 6.07 Å². The van der Waals surface area contributed by atoms with Crippen molar-refractivity contribution in [2.75, 3.05) is 4.72 Å². The second kappa shape index (κ2) is 4.50. The van der Waals surface area contributed by atoms with Crippen LogP contribution in [0.4, 0.5) is 5.88 Å². The first-order valence-corrected chi connectivity index (χ1v) is 6.46. The lowest BCUT2D eigenvalue weighted by atomic mass is 10.2. The molecule has 1 aromatic heterocycles. The van der Waals surface area contributed by atoms with Crippen LogP contribution in [0.2, 0.25) is 0 Å². The lowest BCUT2D eigenvalue weighted by molar-refractivity contribution is 0.430. The summed E-state index contributed by atoms with van der Waals surface area (Å²) in [6, 6.07) is 9.05. The summed E-state index contributed by atoms with van der Waals surface area (Å²) in [6.45, 7) is 1.68. The number of hydrogen-bond donors (Lipinski definition) is 1. The predicted octanol–water partition coefficient (Wildman–Crippen LogP) is 1.66. The van der Waals surface area contributed by atoms with Crippen LogP contribution in [0.3, 0.4) is 0 Å². The number of benzene rings is 1. The van der Waals surface area contributed by atoms with Crippen molar-refractivity contribution < 1.29 is 12.9 Å². The average molecular weight is 263 g/mol. The van der Waals surface area contributed by atoms with E-state index in [9.17, 15) is 8.42 Å². The van der Waals surface area contributed by atoms with Gasteiger partial charge in [0.25, 0.3) is 10.0 Å². The standard InChI is InChI=1S/C11H9N3O3S/c1-8-5-11(17-13-8)14-18(15,16)10-4-2-3-9(6-10)7-12/h2-6,14H,1H3. The van der Waals surface area contributed by atoms with Crippen molar-refractivity contribution in [3.63, 3.8) is 0 Å². The second-order valence-corrected chi connectivity index (χ2v) is 5.26. The number of nitrogens with zero attached hydrogens (tertiary/aromatic N) is 2. The van der Waals surface area contributed by atoms with E-state index in [2.05, 4.69) is 9.88 Å². The zero-order valence-electron chi connectivity index (χ0n) is 9.41. The molecule has 0 radical (unpaired) electrons. The van der Waals surface area contributed by atoms with Gasteiger partial charge in [-0.1, -0.05) is 11.2 Å². The first-order valence-electron chi connectivity index (χ1n) is 4.97. The normalized spacial score (nSPS) is 10.9. The molecule has 0 aliphatic rings. The van der Waals surface area contributed by atoms with E-state index >= 15 is 0 Å². The molecule has 2 rings (SSSR count). The maximum absolute atomic E-state index is 12.0. The maximum atomic E-state index is 12.0. The molecule has 92 valence electrons. The summed E-state index contributed by atoms with van der Waals surface area (Å²) in [4.78, 5) is -0.00407. The van der Waals surface area contributed by atoms with Gasteiger partial charge < -0.3 is 4.52 Å². The predicted molar refractivity (Wildman–Crippen MR) is 63.2 cm³/mol. The van der Waals surface area contributed by atoms with Gasteiger partial charge in [0.1, 0.15) is 0 Å². The van der Waals surface area contributed by atoms with Gasteiger partial charge in [-0.2, -0.15) is 5.26 Å². The third kappa shape index (κ3) is 2.49. The van der Waals surface area contributed by atoms with Crippen molar-refractivity contribution in [3.05, 3.63) is 41.6 Å². The van der Waals surface area contributed by atoms with Gasteiger partial charge in [-0.25, -0.2) is 13.1 Å². The number of anilines is 1. The fourth-order valence-electron chi connectivity index (χ4n) is 1.34. The molecule has 18 heavy (non-hydrogen) atoms. The summed E-state index contributed by atoms with van der Waals surface area (Å²) in [5.74, 6) is 0.0369. The Morgan fingerprint density at radius 1 is 1.39 bits per heavy atom. The summed E-state index contributed by atoms with van der Waals surface area (Å²) in [7, 11) is -3.77. The topological polar surface area (TPSA) is 96.0 Å². The number of hydrogen-bond acceptors (Lipinski definition) is 5. The van der Waals surface area contributed by atoms with E-state index in [-0.39, 0.29) is 16.3 Å². The molecular formula is C11H9N3O3S. The summed E-state index contributed by atoms with van der Waals surface area (Å²) >= 11 is 0.